The molecule has 82 valence electrons. The Kier molecular flexibility index (Phi) is 3.93. The summed E-state index contributed by atoms with van der Waals surface area (Å²) >= 11 is 0. The lowest BCUT2D eigenvalue weighted by Crippen LogP contribution is -2.46. The Labute approximate surface area is 86.6 Å². The molecule has 0 saturated heterocycles. The van der Waals surface area contributed by atoms with Crippen LogP contribution in [0.4, 0.5) is 0 Å². The van der Waals surface area contributed by atoms with Crippen LogP contribution in [0.5, 0.6) is 0 Å². The van der Waals surface area contributed by atoms with Crippen LogP contribution in [0, 0.1) is 0 Å². The predicted molar refractivity (Wildman–Crippen MR) is 58.2 cm³/mol. The fourth-order valence-electron chi connectivity index (χ4n) is 2.00. The number of carbonyl (C=O) groups excluding carboxylic acids is 1. The van der Waals surface area contributed by atoms with Crippen LogP contribution in [0.1, 0.15) is 46.5 Å². The Bertz CT molecular complexity index is 195. The molecule has 0 atom stereocenters. The van der Waals surface area contributed by atoms with Gasteiger partial charge in [0.1, 0.15) is 0 Å². The van der Waals surface area contributed by atoms with Gasteiger partial charge in [0, 0.05) is 11.6 Å². The van der Waals surface area contributed by atoms with Gasteiger partial charge in [-0.05, 0) is 33.6 Å². The summed E-state index contributed by atoms with van der Waals surface area (Å²) in [4.78, 5) is 11.4. The molecule has 0 bridgehead atoms. The molecule has 1 fully saturated rings. The van der Waals surface area contributed by atoms with E-state index in [1.165, 1.54) is 25.7 Å². The topological polar surface area (TPSA) is 41.1 Å². The van der Waals surface area contributed by atoms with Crippen LogP contribution in [-0.2, 0) is 4.79 Å². The Morgan fingerprint density at radius 1 is 1.36 bits per heavy atom. The second-order valence-corrected chi connectivity index (χ2v) is 4.84. The first-order valence-corrected chi connectivity index (χ1v) is 5.56. The Morgan fingerprint density at radius 3 is 2.43 bits per heavy atom. The van der Waals surface area contributed by atoms with Crippen LogP contribution in [0.25, 0.3) is 0 Å². The molecule has 1 aliphatic carbocycles. The lowest BCUT2D eigenvalue weighted by molar-refractivity contribution is -0.121. The number of nitrogens with one attached hydrogen (secondary N) is 2. The Balaban J connectivity index is 2.22. The van der Waals surface area contributed by atoms with Gasteiger partial charge in [-0.3, -0.25) is 4.79 Å². The third-order valence-electron chi connectivity index (χ3n) is 2.83. The van der Waals surface area contributed by atoms with E-state index in [1.807, 2.05) is 13.8 Å². The fourth-order valence-corrected chi connectivity index (χ4v) is 2.00. The first kappa shape index (κ1) is 11.5. The maximum Gasteiger partial charge on any atom is 0.234 e. The second kappa shape index (κ2) is 4.78. The van der Waals surface area contributed by atoms with E-state index in [9.17, 15) is 4.79 Å². The van der Waals surface area contributed by atoms with Crippen molar-refractivity contribution in [3.8, 4) is 0 Å². The van der Waals surface area contributed by atoms with Gasteiger partial charge in [-0.25, -0.2) is 0 Å². The van der Waals surface area contributed by atoms with E-state index in [1.54, 1.807) is 0 Å². The quantitative estimate of drug-likeness (QED) is 0.717. The van der Waals surface area contributed by atoms with Gasteiger partial charge in [-0.2, -0.15) is 0 Å². The van der Waals surface area contributed by atoms with Gasteiger partial charge < -0.3 is 10.6 Å². The van der Waals surface area contributed by atoms with E-state index in [0.29, 0.717) is 6.54 Å². The van der Waals surface area contributed by atoms with Crippen molar-refractivity contribution in [3.63, 3.8) is 0 Å². The molecule has 0 unspecified atom stereocenters. The molecular weight excluding hydrogens is 176 g/mol. The summed E-state index contributed by atoms with van der Waals surface area (Å²) in [6.45, 7) is 6.63. The largest absolute Gasteiger partial charge is 0.353 e. The summed E-state index contributed by atoms with van der Waals surface area (Å²) in [5.74, 6) is 0.105. The van der Waals surface area contributed by atoms with Gasteiger partial charge in [0.2, 0.25) is 5.91 Å². The van der Waals surface area contributed by atoms with Crippen LogP contribution < -0.4 is 10.6 Å². The van der Waals surface area contributed by atoms with Crippen molar-refractivity contribution in [2.45, 2.75) is 58.0 Å². The van der Waals surface area contributed by atoms with Gasteiger partial charge in [-0.15, -0.1) is 0 Å². The molecule has 3 heteroatoms. The molecule has 1 amide bonds. The van der Waals surface area contributed by atoms with E-state index >= 15 is 0 Å². The summed E-state index contributed by atoms with van der Waals surface area (Å²) < 4.78 is 0. The van der Waals surface area contributed by atoms with E-state index in [4.69, 9.17) is 0 Å². The van der Waals surface area contributed by atoms with Crippen molar-refractivity contribution in [1.29, 1.82) is 0 Å². The average molecular weight is 198 g/mol. The molecule has 3 nitrogen and oxygen atoms in total. The average Bonchev–Trinajstić information content (AvgIpc) is 2.49. The van der Waals surface area contributed by atoms with E-state index < -0.39 is 0 Å². The Morgan fingerprint density at radius 2 is 1.93 bits per heavy atom. The van der Waals surface area contributed by atoms with Gasteiger partial charge in [0.25, 0.3) is 0 Å². The molecule has 0 radical (unpaired) electrons. The third-order valence-corrected chi connectivity index (χ3v) is 2.83. The predicted octanol–water partition coefficient (Wildman–Crippen LogP) is 1.43. The monoisotopic (exact) mass is 198 g/mol. The normalized spacial score (nSPS) is 20.0. The van der Waals surface area contributed by atoms with Gasteiger partial charge in [-0.1, -0.05) is 12.8 Å². The summed E-state index contributed by atoms with van der Waals surface area (Å²) in [6.07, 6.45) is 4.97. The molecule has 14 heavy (non-hydrogen) atoms. The van der Waals surface area contributed by atoms with Gasteiger partial charge in [0.05, 0.1) is 6.54 Å². The van der Waals surface area contributed by atoms with Gasteiger partial charge in [0.15, 0.2) is 0 Å². The molecular formula is C11H22N2O. The number of hydrogen-bond acceptors (Lipinski definition) is 2. The first-order chi connectivity index (χ1) is 6.52. The summed E-state index contributed by atoms with van der Waals surface area (Å²) in [5, 5.41) is 6.23. The highest BCUT2D eigenvalue weighted by Crippen LogP contribution is 2.28. The molecule has 0 aromatic carbocycles. The summed E-state index contributed by atoms with van der Waals surface area (Å²) in [7, 11) is 0. The zero-order valence-corrected chi connectivity index (χ0v) is 9.52. The zero-order valence-electron chi connectivity index (χ0n) is 9.52. The van der Waals surface area contributed by atoms with Crippen LogP contribution in [0.2, 0.25) is 0 Å². The molecule has 1 rings (SSSR count). The van der Waals surface area contributed by atoms with E-state index in [-0.39, 0.29) is 17.5 Å². The minimum Gasteiger partial charge on any atom is -0.353 e. The van der Waals surface area contributed by atoms with Crippen molar-refractivity contribution >= 4 is 5.91 Å². The first-order valence-electron chi connectivity index (χ1n) is 5.56. The summed E-state index contributed by atoms with van der Waals surface area (Å²) in [5.41, 5.74) is 0.203. The third kappa shape index (κ3) is 3.66. The standard InChI is InChI=1S/C11H22N2O/c1-9(2)13-10(14)8-12-11(3)6-4-5-7-11/h9,12H,4-8H2,1-3H3,(H,13,14). The van der Waals surface area contributed by atoms with Crippen molar-refractivity contribution in [3.05, 3.63) is 0 Å². The Hall–Kier alpha value is -0.570. The maximum atomic E-state index is 11.4. The smallest absolute Gasteiger partial charge is 0.234 e. The van der Waals surface area contributed by atoms with Crippen LogP contribution in [-0.4, -0.2) is 24.0 Å². The fraction of sp³-hybridized carbons (Fsp3) is 0.909. The maximum absolute atomic E-state index is 11.4. The van der Waals surface area contributed by atoms with Crippen LogP contribution >= 0.6 is 0 Å². The molecule has 0 aliphatic heterocycles. The highest BCUT2D eigenvalue weighted by atomic mass is 16.1. The molecule has 1 saturated carbocycles. The molecule has 0 aromatic heterocycles. The second-order valence-electron chi connectivity index (χ2n) is 4.84. The van der Waals surface area contributed by atoms with Gasteiger partial charge >= 0.3 is 0 Å². The van der Waals surface area contributed by atoms with E-state index in [0.717, 1.165) is 0 Å². The number of carbonyl (C=O) groups is 1. The molecule has 0 aromatic rings. The summed E-state index contributed by atoms with van der Waals surface area (Å²) in [6, 6.07) is 0.237. The van der Waals surface area contributed by atoms with Crippen molar-refractivity contribution in [2.75, 3.05) is 6.54 Å². The van der Waals surface area contributed by atoms with Crippen LogP contribution in [0.15, 0.2) is 0 Å². The van der Waals surface area contributed by atoms with Crippen LogP contribution in [0.3, 0.4) is 0 Å². The SMILES string of the molecule is CC(C)NC(=O)CNC1(C)CCCC1. The molecule has 0 spiro atoms. The molecule has 1 aliphatic rings. The highest BCUT2D eigenvalue weighted by molar-refractivity contribution is 5.78. The molecule has 0 heterocycles. The molecule has 2 N–H and O–H groups in total. The lowest BCUT2D eigenvalue weighted by atomic mass is 10.0. The van der Waals surface area contributed by atoms with E-state index in [2.05, 4.69) is 17.6 Å². The lowest BCUT2D eigenvalue weighted by Gasteiger charge is -2.25. The highest BCUT2D eigenvalue weighted by Gasteiger charge is 2.28. The minimum absolute atomic E-state index is 0.105. The van der Waals surface area contributed by atoms with Crippen molar-refractivity contribution in [2.24, 2.45) is 0 Å². The van der Waals surface area contributed by atoms with Crippen molar-refractivity contribution < 1.29 is 4.79 Å². The zero-order chi connectivity index (χ0) is 10.6. The minimum atomic E-state index is 0.105. The number of rotatable bonds is 4. The number of amides is 1. The van der Waals surface area contributed by atoms with Crippen molar-refractivity contribution in [1.82, 2.24) is 10.6 Å². The number of hydrogen-bond donors (Lipinski definition) is 2.